The molecular weight excluding hydrogens is 932 g/mol. The topological polar surface area (TPSA) is 235 Å². The molecule has 5 amide bonds. The van der Waals surface area contributed by atoms with Crippen molar-refractivity contribution >= 4 is 69.0 Å². The summed E-state index contributed by atoms with van der Waals surface area (Å²) in [7, 11) is 1.76. The number of halogens is 3. The van der Waals surface area contributed by atoms with Gasteiger partial charge < -0.3 is 25.2 Å². The second kappa shape index (κ2) is 18.5. The van der Waals surface area contributed by atoms with Crippen LogP contribution in [0.4, 0.5) is 30.4 Å². The summed E-state index contributed by atoms with van der Waals surface area (Å²) in [4.78, 5) is 72.0. The van der Waals surface area contributed by atoms with Gasteiger partial charge in [0.15, 0.2) is 0 Å². The number of aryl methyl sites for hydroxylation is 1. The molecule has 1 saturated carbocycles. The minimum Gasteiger partial charge on any atom is -0.588 e. The molecule has 22 heteroatoms. The van der Waals surface area contributed by atoms with E-state index >= 15 is 0 Å². The molecule has 3 aromatic carbocycles. The van der Waals surface area contributed by atoms with E-state index in [1.165, 1.54) is 18.2 Å². The number of benzene rings is 3. The van der Waals surface area contributed by atoms with Crippen molar-refractivity contribution < 1.29 is 46.4 Å². The Morgan fingerprint density at radius 3 is 2.43 bits per heavy atom. The lowest BCUT2D eigenvalue weighted by atomic mass is 9.84. The van der Waals surface area contributed by atoms with Crippen molar-refractivity contribution in [1.82, 2.24) is 39.7 Å². The van der Waals surface area contributed by atoms with E-state index in [0.29, 0.717) is 77.7 Å². The molecule has 3 fully saturated rings. The summed E-state index contributed by atoms with van der Waals surface area (Å²) in [5, 5.41) is 15.6. The van der Waals surface area contributed by atoms with E-state index in [1.54, 1.807) is 78.4 Å². The summed E-state index contributed by atoms with van der Waals surface area (Å²) < 4.78 is 64.8. The number of anilines is 3. The third-order valence-corrected chi connectivity index (χ3v) is 14.3. The highest BCUT2D eigenvalue weighted by molar-refractivity contribution is 7.93. The summed E-state index contributed by atoms with van der Waals surface area (Å²) in [6, 6.07) is 14.0. The van der Waals surface area contributed by atoms with Gasteiger partial charge in [0.05, 0.1) is 40.3 Å². The lowest BCUT2D eigenvalue weighted by molar-refractivity contribution is -0.141. The summed E-state index contributed by atoms with van der Waals surface area (Å²) in [5.41, 5.74) is 11.1. The predicted molar refractivity (Wildman–Crippen MR) is 251 cm³/mol. The Hall–Kier alpha value is -7.46. The lowest BCUT2D eigenvalue weighted by Gasteiger charge is -2.43. The van der Waals surface area contributed by atoms with Crippen LogP contribution in [0.5, 0.6) is 5.75 Å². The van der Waals surface area contributed by atoms with Gasteiger partial charge in [0.1, 0.15) is 52.3 Å². The first-order valence-corrected chi connectivity index (χ1v) is 23.9. The number of fused-ring (bicyclic) bond motifs is 2. The Bertz CT molecular complexity index is 3080. The van der Waals surface area contributed by atoms with E-state index in [4.69, 9.17) is 20.7 Å². The van der Waals surface area contributed by atoms with Crippen molar-refractivity contribution in [2.24, 2.45) is 13.0 Å². The maximum atomic E-state index is 13.7. The summed E-state index contributed by atoms with van der Waals surface area (Å²) in [6.45, 7) is 2.55. The zero-order valence-electron chi connectivity index (χ0n) is 37.7. The molecule has 3 aromatic heterocycles. The number of carbonyl (C=O) groups is 5. The molecule has 3 unspecified atom stereocenters. The third kappa shape index (κ3) is 8.54. The van der Waals surface area contributed by atoms with Crippen LogP contribution in [0.1, 0.15) is 83.9 Å². The molecule has 6 aromatic rings. The van der Waals surface area contributed by atoms with Crippen molar-refractivity contribution in [3.8, 4) is 28.1 Å². The first kappa shape index (κ1) is 46.3. The van der Waals surface area contributed by atoms with Crippen LogP contribution in [0.3, 0.4) is 0 Å². The number of nitrogens with zero attached hydrogens (tertiary/aromatic N) is 7. The first-order valence-electron chi connectivity index (χ1n) is 22.7. The number of nitrogen functional groups attached to an aromatic ring is 1. The number of alkyl halides is 2. The minimum absolute atomic E-state index is 0.0258. The molecular formula is C48H46F3N11O7S. The molecule has 10 rings (SSSR count). The number of rotatable bonds is 13. The summed E-state index contributed by atoms with van der Waals surface area (Å²) in [6.07, 6.45) is 7.51. The number of hydrogen-bond donors (Lipinski definition) is 4. The molecule has 0 spiro atoms. The second-order valence-electron chi connectivity index (χ2n) is 17.9. The molecule has 70 heavy (non-hydrogen) atoms. The van der Waals surface area contributed by atoms with Crippen LogP contribution in [0, 0.1) is 11.7 Å². The standard InChI is InChI=1S/C48H46F3N11O7S/c1-24(25-6-11-29(49)12-7-25)69-37-18-27(10-15-34(37)58-70(68)48(50)51)41-40-42(59(2)57-41)33(20-53-43(40)52)28-19-54-61(21-28)31-13-8-26(9-14-31)45(65)60-22-30(23-60)55-35-5-3-4-32-39(35)47(67)62(46(32)66)36-16-17-38(63)56-44(36)64/h3-7,10-12,15,18-21,24,26,30-31,36,48,55,58H,8-9,13-14,16-17,22-23H2,1-2H3,(H2,52,53)(H,56,63,64). The van der Waals surface area contributed by atoms with E-state index in [9.17, 15) is 41.7 Å². The van der Waals surface area contributed by atoms with E-state index in [0.717, 1.165) is 10.5 Å². The molecule has 3 aliphatic heterocycles. The van der Waals surface area contributed by atoms with Crippen LogP contribution in [-0.2, 0) is 32.8 Å². The zero-order chi connectivity index (χ0) is 49.1. The number of ether oxygens (including phenoxy) is 1. The van der Waals surface area contributed by atoms with E-state index in [-0.39, 0.29) is 65.1 Å². The summed E-state index contributed by atoms with van der Waals surface area (Å²) >= 11 is -2.73. The highest BCUT2D eigenvalue weighted by atomic mass is 32.2. The fraction of sp³-hybridized carbons (Fsp3) is 0.333. The van der Waals surface area contributed by atoms with Crippen molar-refractivity contribution in [2.75, 3.05) is 28.9 Å². The van der Waals surface area contributed by atoms with Gasteiger partial charge in [-0.2, -0.15) is 23.7 Å². The van der Waals surface area contributed by atoms with Crippen LogP contribution in [0.15, 0.2) is 79.3 Å². The highest BCUT2D eigenvalue weighted by Gasteiger charge is 2.46. The van der Waals surface area contributed by atoms with Gasteiger partial charge in [-0.25, -0.2) is 9.37 Å². The van der Waals surface area contributed by atoms with E-state index in [1.807, 2.05) is 10.9 Å². The number of carbonyl (C=O) groups excluding carboxylic acids is 5. The Balaban J connectivity index is 0.794. The number of likely N-dealkylation sites (tertiary alicyclic amines) is 1. The average molecular weight is 978 g/mol. The Labute approximate surface area is 401 Å². The lowest BCUT2D eigenvalue weighted by Crippen LogP contribution is -2.58. The van der Waals surface area contributed by atoms with Gasteiger partial charge in [-0.3, -0.25) is 43.6 Å². The van der Waals surface area contributed by atoms with Crippen molar-refractivity contribution in [3.63, 3.8) is 0 Å². The molecule has 1 aliphatic carbocycles. The largest absolute Gasteiger partial charge is 0.588 e. The number of hydrogen-bond acceptors (Lipinski definition) is 13. The first-order chi connectivity index (χ1) is 33.6. The molecule has 5 N–H and O–H groups in total. The molecule has 4 aliphatic rings. The number of nitrogens with two attached hydrogens (primary N) is 1. The molecule has 3 atom stereocenters. The summed E-state index contributed by atoms with van der Waals surface area (Å²) in [5.74, 6) is -5.72. The Morgan fingerprint density at radius 2 is 1.70 bits per heavy atom. The fourth-order valence-corrected chi connectivity index (χ4v) is 10.3. The van der Waals surface area contributed by atoms with Gasteiger partial charge in [0.25, 0.3) is 11.8 Å². The number of aromatic nitrogens is 5. The SMILES string of the molecule is CC(Oc1cc(-c2nn(C)c3c(-c4cnn(C5CCC(C(=O)N6CC(Nc7cccc8c7C(=O)N(C7CCC(=O)NC7=O)C8=O)C6)CC5)c4)cnc(N)c23)ccc1N[S+]([O-])C(F)F)c1ccc(F)cc1. The van der Waals surface area contributed by atoms with Crippen LogP contribution in [0.25, 0.3) is 33.3 Å². The Morgan fingerprint density at radius 1 is 0.943 bits per heavy atom. The Kier molecular flexibility index (Phi) is 12.2. The van der Waals surface area contributed by atoms with Crippen LogP contribution >= 0.6 is 0 Å². The number of nitrogens with one attached hydrogen (secondary N) is 3. The van der Waals surface area contributed by atoms with Crippen molar-refractivity contribution in [2.45, 2.75) is 75.4 Å². The normalized spacial score (nSPS) is 20.4. The minimum atomic E-state index is -3.16. The van der Waals surface area contributed by atoms with Gasteiger partial charge >= 0.3 is 5.76 Å². The molecule has 362 valence electrons. The molecule has 0 bridgehead atoms. The van der Waals surface area contributed by atoms with Gasteiger partial charge in [-0.15, -0.1) is 0 Å². The van der Waals surface area contributed by atoms with Crippen LogP contribution < -0.4 is 25.8 Å². The third-order valence-electron chi connectivity index (χ3n) is 13.5. The molecule has 0 radical (unpaired) electrons. The van der Waals surface area contributed by atoms with Gasteiger partial charge in [-0.1, -0.05) is 24.3 Å². The fourth-order valence-electron chi connectivity index (χ4n) is 9.87. The van der Waals surface area contributed by atoms with E-state index < -0.39 is 58.7 Å². The number of amides is 5. The van der Waals surface area contributed by atoms with Gasteiger partial charge in [-0.05, 0) is 81.0 Å². The van der Waals surface area contributed by atoms with Crippen molar-refractivity contribution in [1.29, 1.82) is 0 Å². The molecule has 18 nitrogen and oxygen atoms in total. The van der Waals surface area contributed by atoms with Crippen molar-refractivity contribution in [3.05, 3.63) is 102 Å². The van der Waals surface area contributed by atoms with Gasteiger partial charge in [0, 0.05) is 67.2 Å². The smallest absolute Gasteiger partial charge is 0.421 e. The van der Waals surface area contributed by atoms with Gasteiger partial charge in [0.2, 0.25) is 17.7 Å². The number of pyridine rings is 1. The maximum absolute atomic E-state index is 13.7. The monoisotopic (exact) mass is 977 g/mol. The highest BCUT2D eigenvalue weighted by Crippen LogP contribution is 2.42. The second-order valence-corrected chi connectivity index (χ2v) is 19.1. The predicted octanol–water partition coefficient (Wildman–Crippen LogP) is 6.11. The van der Waals surface area contributed by atoms with Crippen LogP contribution in [-0.4, -0.2) is 99.4 Å². The van der Waals surface area contributed by atoms with E-state index in [2.05, 4.69) is 20.3 Å². The quantitative estimate of drug-likeness (QED) is 0.0756. The molecule has 6 heterocycles. The average Bonchev–Trinajstić information content (AvgIpc) is 4.03. The van der Waals surface area contributed by atoms with Crippen LogP contribution in [0.2, 0.25) is 0 Å². The molecule has 2 saturated heterocycles. The maximum Gasteiger partial charge on any atom is 0.421 e. The number of piperidine rings is 1. The zero-order valence-corrected chi connectivity index (χ0v) is 38.6. The number of imide groups is 2.